The zero-order valence-corrected chi connectivity index (χ0v) is 5.69. The summed E-state index contributed by atoms with van der Waals surface area (Å²) in [6, 6.07) is 0. The average Bonchev–Trinajstić information content (AvgIpc) is 1.35. The Morgan fingerprint density at radius 2 is 2.00 bits per heavy atom. The van der Waals surface area contributed by atoms with E-state index >= 15 is 0 Å². The largest absolute Gasteiger partial charge is 0.751 e. The molecule has 0 aliphatic heterocycles. The maximum atomic E-state index is 9.74. The molecule has 1 atom stereocenters. The molecule has 0 fully saturated rings. The molecule has 0 saturated heterocycles. The quantitative estimate of drug-likeness (QED) is 0.421. The Morgan fingerprint density at radius 1 is 1.83 bits per heavy atom. The van der Waals surface area contributed by atoms with Gasteiger partial charge in [0, 0.05) is 0 Å². The first-order valence-electron chi connectivity index (χ1n) is 0.888. The zero-order chi connectivity index (χ0) is 5.21. The van der Waals surface area contributed by atoms with Crippen molar-refractivity contribution in [3.8, 4) is 0 Å². The van der Waals surface area contributed by atoms with Crippen LogP contribution in [0.5, 0.6) is 0 Å². The van der Waals surface area contributed by atoms with Crippen LogP contribution in [0.25, 0.3) is 0 Å². The Kier molecular flexibility index (Phi) is 2.93. The molecule has 0 aromatic rings. The van der Waals surface area contributed by atoms with E-state index in [-0.39, 0.29) is 10.2 Å². The molecule has 2 nitrogen and oxygen atoms in total. The summed E-state index contributed by atoms with van der Waals surface area (Å²) in [6.07, 6.45) is 0. The molecular weight excluding hydrogens is 166 g/mol. The Hall–Kier alpha value is 1.15. The third-order valence-electron chi connectivity index (χ3n) is 0.0851. The van der Waals surface area contributed by atoms with Crippen molar-refractivity contribution in [3.05, 3.63) is 0 Å². The highest BCUT2D eigenvalue weighted by Crippen LogP contribution is 2.39. The van der Waals surface area contributed by atoms with Crippen molar-refractivity contribution in [1.82, 2.24) is 0 Å². The predicted octanol–water partition coefficient (Wildman–Crippen LogP) is 0.492. The van der Waals surface area contributed by atoms with Gasteiger partial charge in [-0.25, -0.2) is 0 Å². The van der Waals surface area contributed by atoms with Gasteiger partial charge in [-0.1, -0.05) is 0 Å². The van der Waals surface area contributed by atoms with Crippen molar-refractivity contribution in [1.29, 1.82) is 0 Å². The van der Waals surface area contributed by atoms with Gasteiger partial charge in [-0.3, -0.25) is 0 Å². The van der Waals surface area contributed by atoms with Gasteiger partial charge in [0.05, 0.1) is 0 Å². The first kappa shape index (κ1) is 7.15. The van der Waals surface area contributed by atoms with Crippen LogP contribution in [0.4, 0.5) is 0 Å². The molecule has 0 radical (unpaired) electrons. The zero-order valence-electron chi connectivity index (χ0n) is 2.47. The van der Waals surface area contributed by atoms with E-state index in [1.54, 1.807) is 0 Å². The Bertz CT molecular complexity index is 75.3. The maximum Gasteiger partial charge on any atom is 0.314 e. The first-order valence-corrected chi connectivity index (χ1v) is 5.70. The van der Waals surface area contributed by atoms with Crippen LogP contribution in [0.15, 0.2) is 0 Å². The smallest absolute Gasteiger partial charge is 0.314 e. The number of halogens is 2. The average molecular weight is 167 g/mol. The fraction of sp³-hybridized carbons (Fsp3) is 0. The lowest BCUT2D eigenvalue weighted by atomic mass is 15.9. The van der Waals surface area contributed by atoms with E-state index < -0.39 is 5.84 Å². The highest BCUT2D eigenvalue weighted by atomic mass is 35.8. The molecule has 1 N–H and O–H groups in total. The lowest BCUT2D eigenvalue weighted by Crippen LogP contribution is -1.89. The van der Waals surface area contributed by atoms with Crippen molar-refractivity contribution in [2.75, 3.05) is 0 Å². The van der Waals surface area contributed by atoms with Gasteiger partial charge in [-0.05, 0) is 11.2 Å². The molecule has 0 bridgehead atoms. The maximum absolute atomic E-state index is 9.74. The third-order valence-corrected chi connectivity index (χ3v) is 3.71. The minimum Gasteiger partial charge on any atom is -0.751 e. The monoisotopic (exact) mass is 166 g/mol. The van der Waals surface area contributed by atoms with Crippen LogP contribution in [0.1, 0.15) is 0 Å². The van der Waals surface area contributed by atoms with Crippen LogP contribution >= 0.6 is 27.8 Å². The van der Waals surface area contributed by atoms with Gasteiger partial charge in [-0.2, -0.15) is 0 Å². The highest BCUT2D eigenvalue weighted by molar-refractivity contribution is 8.38. The number of hydrogen-bond donors (Lipinski definition) is 1. The van der Waals surface area contributed by atoms with Gasteiger partial charge < -0.3 is 9.79 Å². The molecule has 0 amide bonds. The summed E-state index contributed by atoms with van der Waals surface area (Å²) < 4.78 is 0. The summed E-state index contributed by atoms with van der Waals surface area (Å²) in [5.74, 6) is -3.49. The molecule has 1 unspecified atom stereocenters. The van der Waals surface area contributed by atoms with Crippen LogP contribution in [-0.4, -0.2) is 4.89 Å². The number of rotatable bonds is 0. The Morgan fingerprint density at radius 3 is 2.00 bits per heavy atom. The standard InChI is InChI=1S/Cl2HO2PS/c1-5(3,4)6-2/h(H-,3,4). The second-order valence-corrected chi connectivity index (χ2v) is 6.68. The van der Waals surface area contributed by atoms with E-state index in [9.17, 15) is 4.89 Å². The molecule has 6 heteroatoms. The second kappa shape index (κ2) is 2.46. The van der Waals surface area contributed by atoms with Crippen molar-refractivity contribution < 1.29 is 9.79 Å². The minimum absolute atomic E-state index is 0.231. The van der Waals surface area contributed by atoms with Crippen LogP contribution in [0, 0.1) is 0 Å². The van der Waals surface area contributed by atoms with Gasteiger partial charge in [0.15, 0.2) is 0 Å². The van der Waals surface area contributed by atoms with Crippen molar-refractivity contribution in [2.45, 2.75) is 0 Å². The van der Waals surface area contributed by atoms with E-state index in [0.717, 1.165) is 0 Å². The lowest BCUT2D eigenvalue weighted by molar-refractivity contribution is -0.170. The molecule has 0 aromatic heterocycles. The van der Waals surface area contributed by atoms with Crippen molar-refractivity contribution in [2.24, 2.45) is 0 Å². The van der Waals surface area contributed by atoms with Crippen LogP contribution in [0.3, 0.4) is 0 Å². The predicted molar refractivity (Wildman–Crippen MR) is 28.2 cm³/mol. The summed E-state index contributed by atoms with van der Waals surface area (Å²) in [5, 5.41) is 0. The van der Waals surface area contributed by atoms with E-state index in [0.29, 0.717) is 0 Å². The van der Waals surface area contributed by atoms with Crippen LogP contribution in [0.2, 0.25) is 0 Å². The first-order chi connectivity index (χ1) is 2.56. The van der Waals surface area contributed by atoms with Gasteiger partial charge in [-0.15, -0.1) is 0 Å². The molecule has 0 aromatic carbocycles. The SMILES string of the molecule is [O-]P(O)(Cl)=[S+]Cl. The summed E-state index contributed by atoms with van der Waals surface area (Å²) in [4.78, 5) is 17.7. The molecule has 6 heavy (non-hydrogen) atoms. The third kappa shape index (κ3) is 5.15. The summed E-state index contributed by atoms with van der Waals surface area (Å²) >= 11 is 4.66. The van der Waals surface area contributed by atoms with Crippen molar-refractivity contribution in [3.63, 3.8) is 0 Å². The van der Waals surface area contributed by atoms with E-state index in [2.05, 4.69) is 11.2 Å². The van der Waals surface area contributed by atoms with Gasteiger partial charge in [0.1, 0.15) is 0 Å². The Balaban J connectivity index is 3.79. The summed E-state index contributed by atoms with van der Waals surface area (Å²) in [7, 11) is 4.98. The van der Waals surface area contributed by atoms with Gasteiger partial charge in [0.2, 0.25) is 0 Å². The molecule has 0 rings (SSSR count). The lowest BCUT2D eigenvalue weighted by Gasteiger charge is -1.95. The van der Waals surface area contributed by atoms with Gasteiger partial charge in [0.25, 0.3) is 16.5 Å². The molecule has 0 spiro atoms. The minimum atomic E-state index is -3.49. The molecule has 0 saturated carbocycles. The molecule has 0 aliphatic rings. The number of hydrogen-bond acceptors (Lipinski definition) is 1. The van der Waals surface area contributed by atoms with Gasteiger partial charge >= 0.3 is 10.2 Å². The highest BCUT2D eigenvalue weighted by Gasteiger charge is 2.02. The molecule has 38 valence electrons. The fourth-order valence-electron chi connectivity index (χ4n) is 0. The van der Waals surface area contributed by atoms with E-state index in [4.69, 9.17) is 15.6 Å². The second-order valence-electron chi connectivity index (χ2n) is 0.520. The van der Waals surface area contributed by atoms with E-state index in [1.807, 2.05) is 0 Å². The van der Waals surface area contributed by atoms with E-state index in [1.165, 1.54) is 0 Å². The molecule has 0 aliphatic carbocycles. The topological polar surface area (TPSA) is 43.3 Å². The summed E-state index contributed by atoms with van der Waals surface area (Å²) in [5.41, 5.74) is 0. The molecular formula is HCl2O2PS. The fourth-order valence-corrected chi connectivity index (χ4v) is 0. The summed E-state index contributed by atoms with van der Waals surface area (Å²) in [6.45, 7) is 0. The van der Waals surface area contributed by atoms with Crippen LogP contribution in [-0.2, 0) is 10.2 Å². The molecule has 0 heterocycles. The van der Waals surface area contributed by atoms with Crippen LogP contribution < -0.4 is 4.89 Å². The normalized spacial score (nSPS) is 19.3. The Labute approximate surface area is 48.1 Å². The van der Waals surface area contributed by atoms with Crippen molar-refractivity contribution >= 4 is 37.9 Å².